The Morgan fingerprint density at radius 1 is 1.17 bits per heavy atom. The summed E-state index contributed by atoms with van der Waals surface area (Å²) in [5.74, 6) is 2.19. The van der Waals surface area contributed by atoms with Gasteiger partial charge < -0.3 is 14.2 Å². The largest absolute Gasteiger partial charge is 0.497 e. The summed E-state index contributed by atoms with van der Waals surface area (Å²) in [5, 5.41) is 4.13. The molecule has 2 aliphatic rings. The van der Waals surface area contributed by atoms with E-state index < -0.39 is 0 Å². The Balaban J connectivity index is 1.34. The van der Waals surface area contributed by atoms with Crippen LogP contribution in [-0.4, -0.2) is 45.1 Å². The molecule has 0 spiro atoms. The highest BCUT2D eigenvalue weighted by atomic mass is 16.5. The average Bonchev–Trinajstić information content (AvgIpc) is 3.37. The van der Waals surface area contributed by atoms with Crippen molar-refractivity contribution < 1.29 is 14.1 Å². The first kappa shape index (κ1) is 17.8. The second-order valence-electron chi connectivity index (χ2n) is 7.70. The molecule has 3 aromatic rings. The van der Waals surface area contributed by atoms with Crippen molar-refractivity contribution >= 4 is 5.91 Å². The van der Waals surface area contributed by atoms with Crippen LogP contribution in [0.15, 0.2) is 53.3 Å². The molecule has 1 amide bonds. The van der Waals surface area contributed by atoms with Crippen LogP contribution >= 0.6 is 0 Å². The maximum absolute atomic E-state index is 13.2. The zero-order chi connectivity index (χ0) is 19.8. The van der Waals surface area contributed by atoms with E-state index in [0.29, 0.717) is 23.0 Å². The van der Waals surface area contributed by atoms with Crippen LogP contribution in [0.4, 0.5) is 0 Å². The molecule has 4 heterocycles. The highest BCUT2D eigenvalue weighted by molar-refractivity contribution is 5.95. The lowest BCUT2D eigenvalue weighted by Gasteiger charge is -2.38. The number of ether oxygens (including phenoxy) is 1. The number of hydrogen-bond donors (Lipinski definition) is 0. The molecule has 3 atom stereocenters. The highest BCUT2D eigenvalue weighted by Crippen LogP contribution is 2.43. The predicted molar refractivity (Wildman–Crippen MR) is 105 cm³/mol. The van der Waals surface area contributed by atoms with Gasteiger partial charge in [-0.1, -0.05) is 11.2 Å². The van der Waals surface area contributed by atoms with Crippen molar-refractivity contribution in [2.45, 2.75) is 43.7 Å². The van der Waals surface area contributed by atoms with Crippen LogP contribution in [0, 0.1) is 0 Å². The molecule has 2 aliphatic heterocycles. The number of pyridine rings is 1. The predicted octanol–water partition coefficient (Wildman–Crippen LogP) is 3.69. The van der Waals surface area contributed by atoms with Crippen molar-refractivity contribution in [1.29, 1.82) is 0 Å². The summed E-state index contributed by atoms with van der Waals surface area (Å²) in [7, 11) is 1.61. The number of piperidine rings is 1. The van der Waals surface area contributed by atoms with E-state index in [-0.39, 0.29) is 23.9 Å². The molecule has 148 valence electrons. The molecule has 2 bridgehead atoms. The number of hydrogen-bond acceptors (Lipinski definition) is 6. The molecule has 0 saturated carbocycles. The number of carbonyl (C=O) groups excluding carboxylic acids is 1. The lowest BCUT2D eigenvalue weighted by atomic mass is 9.90. The van der Waals surface area contributed by atoms with Crippen molar-refractivity contribution in [2.75, 3.05) is 7.11 Å². The Morgan fingerprint density at radius 3 is 2.72 bits per heavy atom. The van der Waals surface area contributed by atoms with Crippen LogP contribution in [0.1, 0.15) is 47.8 Å². The third-order valence-corrected chi connectivity index (χ3v) is 5.99. The quantitative estimate of drug-likeness (QED) is 0.676. The third kappa shape index (κ3) is 3.26. The van der Waals surface area contributed by atoms with E-state index in [9.17, 15) is 4.79 Å². The normalized spacial score (nSPS) is 23.2. The number of nitrogens with zero attached hydrogens (tertiary/aromatic N) is 4. The Bertz CT molecular complexity index is 1010. The molecule has 2 saturated heterocycles. The molecule has 0 N–H and O–H groups in total. The second kappa shape index (κ2) is 7.31. The fourth-order valence-corrected chi connectivity index (χ4v) is 4.63. The zero-order valence-corrected chi connectivity index (χ0v) is 16.2. The fraction of sp³-hybridized carbons (Fsp3) is 0.364. The van der Waals surface area contributed by atoms with Crippen LogP contribution in [0.25, 0.3) is 11.4 Å². The monoisotopic (exact) mass is 390 g/mol. The first-order valence-electron chi connectivity index (χ1n) is 9.93. The van der Waals surface area contributed by atoms with Crippen molar-refractivity contribution in [2.24, 2.45) is 0 Å². The van der Waals surface area contributed by atoms with Crippen molar-refractivity contribution in [1.82, 2.24) is 20.0 Å². The van der Waals surface area contributed by atoms with Crippen molar-refractivity contribution in [3.05, 3.63) is 60.2 Å². The Labute approximate surface area is 168 Å². The number of aromatic nitrogens is 3. The maximum atomic E-state index is 13.2. The molecule has 0 aliphatic carbocycles. The van der Waals surface area contributed by atoms with Gasteiger partial charge in [-0.3, -0.25) is 9.78 Å². The number of methoxy groups -OCH3 is 1. The number of amides is 1. The molecule has 1 unspecified atom stereocenters. The van der Waals surface area contributed by atoms with Gasteiger partial charge in [-0.2, -0.15) is 4.98 Å². The standard InChI is InChI=1S/C22H22N4O3/c1-28-19-6-2-4-14(12-19)22(27)26-17-7-8-18(26)11-16(10-17)21-24-20(25-29-21)15-5-3-9-23-13-15/h2-6,9,12-13,16-18H,7-8,10-11H2,1H3/t16?,17-,18+. The van der Waals surface area contributed by atoms with Crippen LogP contribution in [0.3, 0.4) is 0 Å². The number of benzene rings is 1. The molecule has 0 radical (unpaired) electrons. The van der Waals surface area contributed by atoms with Gasteiger partial charge in [0.25, 0.3) is 5.91 Å². The minimum atomic E-state index is 0.0800. The Hall–Kier alpha value is -3.22. The molecule has 7 nitrogen and oxygen atoms in total. The van der Waals surface area contributed by atoms with Gasteiger partial charge in [-0.25, -0.2) is 0 Å². The second-order valence-corrected chi connectivity index (χ2v) is 7.70. The van der Waals surface area contributed by atoms with E-state index in [1.54, 1.807) is 19.5 Å². The summed E-state index contributed by atoms with van der Waals surface area (Å²) >= 11 is 0. The van der Waals surface area contributed by atoms with Gasteiger partial charge in [0, 0.05) is 41.5 Å². The summed E-state index contributed by atoms with van der Waals surface area (Å²) in [5.41, 5.74) is 1.52. The first-order chi connectivity index (χ1) is 14.2. The van der Waals surface area contributed by atoms with Crippen LogP contribution in [0.5, 0.6) is 5.75 Å². The summed E-state index contributed by atoms with van der Waals surface area (Å²) in [6, 6.07) is 11.6. The topological polar surface area (TPSA) is 81.4 Å². The fourth-order valence-electron chi connectivity index (χ4n) is 4.63. The molecule has 5 rings (SSSR count). The summed E-state index contributed by atoms with van der Waals surface area (Å²) in [4.78, 5) is 24.0. The van der Waals surface area contributed by atoms with Gasteiger partial charge >= 0.3 is 0 Å². The van der Waals surface area contributed by atoms with Gasteiger partial charge in [-0.05, 0) is 56.0 Å². The highest BCUT2D eigenvalue weighted by Gasteiger charge is 2.45. The molecule has 1 aromatic carbocycles. The number of fused-ring (bicyclic) bond motifs is 2. The maximum Gasteiger partial charge on any atom is 0.254 e. The molecule has 29 heavy (non-hydrogen) atoms. The van der Waals surface area contributed by atoms with Gasteiger partial charge in [0.15, 0.2) is 0 Å². The molecular formula is C22H22N4O3. The van der Waals surface area contributed by atoms with E-state index in [0.717, 1.165) is 31.2 Å². The SMILES string of the molecule is COc1cccc(C(=O)N2[C@@H]3CC[C@H]2CC(c2nc(-c4cccnc4)no2)C3)c1. The Kier molecular flexibility index (Phi) is 4.50. The lowest BCUT2D eigenvalue weighted by Crippen LogP contribution is -2.46. The van der Waals surface area contributed by atoms with E-state index >= 15 is 0 Å². The van der Waals surface area contributed by atoms with E-state index in [1.165, 1.54) is 0 Å². The summed E-state index contributed by atoms with van der Waals surface area (Å²) < 4.78 is 10.9. The van der Waals surface area contributed by atoms with Gasteiger partial charge in [0.2, 0.25) is 11.7 Å². The molecule has 7 heteroatoms. The number of carbonyl (C=O) groups is 1. The number of rotatable bonds is 4. The van der Waals surface area contributed by atoms with Crippen molar-refractivity contribution in [3.63, 3.8) is 0 Å². The molecular weight excluding hydrogens is 368 g/mol. The zero-order valence-electron chi connectivity index (χ0n) is 16.2. The first-order valence-corrected chi connectivity index (χ1v) is 9.93. The summed E-state index contributed by atoms with van der Waals surface area (Å²) in [6.45, 7) is 0. The third-order valence-electron chi connectivity index (χ3n) is 5.99. The Morgan fingerprint density at radius 2 is 2.00 bits per heavy atom. The van der Waals surface area contributed by atoms with Crippen molar-refractivity contribution in [3.8, 4) is 17.1 Å². The van der Waals surface area contributed by atoms with Gasteiger partial charge in [0.05, 0.1) is 7.11 Å². The van der Waals surface area contributed by atoms with E-state index in [4.69, 9.17) is 9.26 Å². The summed E-state index contributed by atoms with van der Waals surface area (Å²) in [6.07, 6.45) is 7.17. The average molecular weight is 390 g/mol. The van der Waals surface area contributed by atoms with Gasteiger partial charge in [-0.15, -0.1) is 0 Å². The molecule has 2 fully saturated rings. The molecule has 2 aromatic heterocycles. The van der Waals surface area contributed by atoms with E-state index in [2.05, 4.69) is 20.0 Å². The lowest BCUT2D eigenvalue weighted by molar-refractivity contribution is 0.0554. The minimum Gasteiger partial charge on any atom is -0.497 e. The van der Waals surface area contributed by atoms with E-state index in [1.807, 2.05) is 36.4 Å². The van der Waals surface area contributed by atoms with Crippen LogP contribution in [-0.2, 0) is 0 Å². The smallest absolute Gasteiger partial charge is 0.254 e. The van der Waals surface area contributed by atoms with Crippen LogP contribution in [0.2, 0.25) is 0 Å². The minimum absolute atomic E-state index is 0.0800. The van der Waals surface area contributed by atoms with Crippen LogP contribution < -0.4 is 4.74 Å². The van der Waals surface area contributed by atoms with Gasteiger partial charge in [0.1, 0.15) is 5.75 Å².